The van der Waals surface area contributed by atoms with Crippen LogP contribution in [0.15, 0.2) is 72.8 Å². The highest BCUT2D eigenvalue weighted by Gasteiger charge is 2.14. The maximum Gasteiger partial charge on any atom is 0.513 e. The van der Waals surface area contributed by atoms with Crippen LogP contribution in [0.2, 0.25) is 0 Å². The predicted octanol–water partition coefficient (Wildman–Crippen LogP) is 5.26. The smallest absolute Gasteiger partial charge is 0.434 e. The molecule has 0 aromatic heterocycles. The molecule has 0 radical (unpaired) electrons. The number of nitrogens with one attached hydrogen (secondary N) is 2. The van der Waals surface area contributed by atoms with Gasteiger partial charge in [-0.05, 0) is 74.5 Å². The van der Waals surface area contributed by atoms with Gasteiger partial charge in [0.05, 0.1) is 24.6 Å². The number of anilines is 2. The number of amides is 2. The molecule has 0 bridgehead atoms. The van der Waals surface area contributed by atoms with Gasteiger partial charge in [-0.1, -0.05) is 12.1 Å². The second-order valence-electron chi connectivity index (χ2n) is 7.07. The average Bonchev–Trinajstić information content (AvgIpc) is 2.86. The summed E-state index contributed by atoms with van der Waals surface area (Å²) in [7, 11) is 0. The van der Waals surface area contributed by atoms with Crippen LogP contribution in [0.3, 0.4) is 0 Å². The van der Waals surface area contributed by atoms with E-state index < -0.39 is 24.1 Å². The Morgan fingerprint density at radius 2 is 0.944 bits per heavy atom. The van der Waals surface area contributed by atoms with Crippen LogP contribution in [0.25, 0.3) is 0 Å². The Bertz CT molecular complexity index is 1130. The molecule has 3 rings (SSSR count). The molecule has 0 fully saturated rings. The van der Waals surface area contributed by atoms with Crippen LogP contribution in [-0.2, 0) is 9.47 Å². The van der Waals surface area contributed by atoms with Gasteiger partial charge >= 0.3 is 12.3 Å². The zero-order valence-corrected chi connectivity index (χ0v) is 19.6. The highest BCUT2D eigenvalue weighted by molar-refractivity contribution is 6.10. The van der Waals surface area contributed by atoms with Crippen LogP contribution < -0.4 is 20.1 Å². The minimum Gasteiger partial charge on any atom is -0.434 e. The third-order valence-electron chi connectivity index (χ3n) is 4.58. The van der Waals surface area contributed by atoms with Crippen molar-refractivity contribution in [1.82, 2.24) is 0 Å². The highest BCUT2D eigenvalue weighted by Crippen LogP contribution is 2.24. The van der Waals surface area contributed by atoms with E-state index in [1.165, 1.54) is 48.5 Å². The Labute approximate surface area is 207 Å². The van der Waals surface area contributed by atoms with Crippen LogP contribution in [-0.4, -0.2) is 37.3 Å². The number of carbonyl (C=O) groups excluding carboxylic acids is 4. The summed E-state index contributed by atoms with van der Waals surface area (Å²) >= 11 is 0. The number of hydrogen-bond donors (Lipinski definition) is 2. The van der Waals surface area contributed by atoms with E-state index in [1.807, 2.05) is 0 Å². The summed E-state index contributed by atoms with van der Waals surface area (Å²) in [5.74, 6) is -0.396. The fraction of sp³-hybridized carbons (Fsp3) is 0.154. The number of hydrogen-bond acceptors (Lipinski definition) is 8. The predicted molar refractivity (Wildman–Crippen MR) is 131 cm³/mol. The molecule has 10 nitrogen and oxygen atoms in total. The number of carbonyl (C=O) groups is 4. The average molecular weight is 492 g/mol. The third kappa shape index (κ3) is 7.32. The first kappa shape index (κ1) is 25.8. The lowest BCUT2D eigenvalue weighted by atomic mass is 10.1. The molecule has 0 aliphatic rings. The van der Waals surface area contributed by atoms with Gasteiger partial charge in [-0.25, -0.2) is 9.59 Å². The standard InChI is InChI=1S/C26H24N2O8/c1-3-33-25(31)35-19-13-9-17(10-14-19)23(29)27-21-7-5-6-8-22(21)28-24(30)18-11-15-20(16-12-18)36-26(32)34-4-2/h5-16H,3-4H2,1-2H3,(H,27,29)(H,28,30). The van der Waals surface area contributed by atoms with E-state index in [0.29, 0.717) is 22.5 Å². The summed E-state index contributed by atoms with van der Waals surface area (Å²) in [6.45, 7) is 3.69. The fourth-order valence-electron chi connectivity index (χ4n) is 2.93. The zero-order chi connectivity index (χ0) is 25.9. The van der Waals surface area contributed by atoms with Crippen molar-refractivity contribution in [3.8, 4) is 11.5 Å². The molecule has 0 saturated carbocycles. The monoisotopic (exact) mass is 492 g/mol. The van der Waals surface area contributed by atoms with Crippen LogP contribution in [0.1, 0.15) is 34.6 Å². The summed E-state index contributed by atoms with van der Waals surface area (Å²) in [5.41, 5.74) is 1.38. The SMILES string of the molecule is CCOC(=O)Oc1ccc(C(=O)Nc2ccccc2NC(=O)c2ccc(OC(=O)OCC)cc2)cc1. The molecule has 0 spiro atoms. The molecule has 2 N–H and O–H groups in total. The summed E-state index contributed by atoms with van der Waals surface area (Å²) < 4.78 is 19.4. The van der Waals surface area contributed by atoms with Crippen LogP contribution in [0.4, 0.5) is 21.0 Å². The molecular formula is C26H24N2O8. The van der Waals surface area contributed by atoms with Gasteiger partial charge in [-0.15, -0.1) is 0 Å². The molecule has 186 valence electrons. The first-order valence-corrected chi connectivity index (χ1v) is 11.0. The molecule has 0 unspecified atom stereocenters. The normalized spacial score (nSPS) is 10.1. The van der Waals surface area contributed by atoms with E-state index in [0.717, 1.165) is 0 Å². The third-order valence-corrected chi connectivity index (χ3v) is 4.58. The topological polar surface area (TPSA) is 129 Å². The first-order chi connectivity index (χ1) is 17.4. The van der Waals surface area contributed by atoms with E-state index in [2.05, 4.69) is 10.6 Å². The maximum atomic E-state index is 12.7. The van der Waals surface area contributed by atoms with Gasteiger partial charge in [0.25, 0.3) is 11.8 Å². The molecule has 0 atom stereocenters. The van der Waals surface area contributed by atoms with Crippen LogP contribution >= 0.6 is 0 Å². The van der Waals surface area contributed by atoms with Gasteiger partial charge < -0.3 is 29.6 Å². The Morgan fingerprint density at radius 3 is 1.28 bits per heavy atom. The molecule has 0 heterocycles. The van der Waals surface area contributed by atoms with E-state index in [9.17, 15) is 19.2 Å². The molecule has 0 saturated heterocycles. The number of ether oxygens (including phenoxy) is 4. The van der Waals surface area contributed by atoms with Gasteiger partial charge in [0.15, 0.2) is 0 Å². The van der Waals surface area contributed by atoms with Crippen molar-refractivity contribution in [3.05, 3.63) is 83.9 Å². The number of para-hydroxylation sites is 2. The van der Waals surface area contributed by atoms with Crippen LogP contribution in [0, 0.1) is 0 Å². The van der Waals surface area contributed by atoms with Gasteiger partial charge in [0.1, 0.15) is 11.5 Å². The van der Waals surface area contributed by atoms with Gasteiger partial charge in [0, 0.05) is 11.1 Å². The van der Waals surface area contributed by atoms with Crippen molar-refractivity contribution in [3.63, 3.8) is 0 Å². The molecular weight excluding hydrogens is 468 g/mol. The van der Waals surface area contributed by atoms with Crippen molar-refractivity contribution >= 4 is 35.5 Å². The van der Waals surface area contributed by atoms with E-state index >= 15 is 0 Å². The first-order valence-electron chi connectivity index (χ1n) is 11.0. The quantitative estimate of drug-likeness (QED) is 0.322. The van der Waals surface area contributed by atoms with Gasteiger partial charge in [0.2, 0.25) is 0 Å². The van der Waals surface area contributed by atoms with Crippen LogP contribution in [0.5, 0.6) is 11.5 Å². The minimum absolute atomic E-state index is 0.185. The van der Waals surface area contributed by atoms with E-state index in [4.69, 9.17) is 18.9 Å². The lowest BCUT2D eigenvalue weighted by Crippen LogP contribution is -2.17. The van der Waals surface area contributed by atoms with E-state index in [1.54, 1.807) is 38.1 Å². The van der Waals surface area contributed by atoms with Crippen molar-refractivity contribution in [1.29, 1.82) is 0 Å². The Morgan fingerprint density at radius 1 is 0.583 bits per heavy atom. The minimum atomic E-state index is -0.833. The molecule has 36 heavy (non-hydrogen) atoms. The second kappa shape index (κ2) is 12.6. The molecule has 3 aromatic rings. The molecule has 10 heteroatoms. The lowest BCUT2D eigenvalue weighted by molar-refractivity contribution is 0.101. The second-order valence-corrected chi connectivity index (χ2v) is 7.07. The van der Waals surface area contributed by atoms with Gasteiger partial charge in [-0.2, -0.15) is 0 Å². The molecule has 3 aromatic carbocycles. The van der Waals surface area contributed by atoms with Crippen molar-refractivity contribution < 1.29 is 38.1 Å². The van der Waals surface area contributed by atoms with Crippen molar-refractivity contribution in [2.75, 3.05) is 23.8 Å². The molecule has 0 aliphatic carbocycles. The summed E-state index contributed by atoms with van der Waals surface area (Å²) in [6, 6.07) is 18.5. The maximum absolute atomic E-state index is 12.7. The van der Waals surface area contributed by atoms with Crippen molar-refractivity contribution in [2.24, 2.45) is 0 Å². The highest BCUT2D eigenvalue weighted by atomic mass is 16.7. The summed E-state index contributed by atoms with van der Waals surface area (Å²) in [5, 5.41) is 5.50. The van der Waals surface area contributed by atoms with Crippen molar-refractivity contribution in [2.45, 2.75) is 13.8 Å². The fourth-order valence-corrected chi connectivity index (χ4v) is 2.93. The lowest BCUT2D eigenvalue weighted by Gasteiger charge is -2.13. The Balaban J connectivity index is 1.64. The largest absolute Gasteiger partial charge is 0.513 e. The number of benzene rings is 3. The summed E-state index contributed by atoms with van der Waals surface area (Å²) in [4.78, 5) is 48.2. The van der Waals surface area contributed by atoms with Gasteiger partial charge in [-0.3, -0.25) is 9.59 Å². The van der Waals surface area contributed by atoms with E-state index in [-0.39, 0.29) is 24.7 Å². The molecule has 2 amide bonds. The number of rotatable bonds is 8. The zero-order valence-electron chi connectivity index (χ0n) is 19.6. The Kier molecular flexibility index (Phi) is 8.99. The summed E-state index contributed by atoms with van der Waals surface area (Å²) in [6.07, 6.45) is -1.67. The Hall–Kier alpha value is -4.86. The molecule has 0 aliphatic heterocycles.